The summed E-state index contributed by atoms with van der Waals surface area (Å²) in [5, 5.41) is 2.14. The molecule has 5 heteroatoms. The third-order valence-corrected chi connectivity index (χ3v) is 3.94. The van der Waals surface area contributed by atoms with Crippen molar-refractivity contribution < 1.29 is 4.74 Å². The Balaban J connectivity index is 1.78. The minimum absolute atomic E-state index is 0.609. The van der Waals surface area contributed by atoms with Gasteiger partial charge in [-0.05, 0) is 6.92 Å². The van der Waals surface area contributed by atoms with Crippen molar-refractivity contribution in [3.05, 3.63) is 16.6 Å². The number of rotatable bonds is 5. The molecule has 1 atom stereocenters. The summed E-state index contributed by atoms with van der Waals surface area (Å²) in [5.41, 5.74) is 3.11. The second kappa shape index (κ2) is 6.44. The smallest absolute Gasteiger partial charge is 0.0795 e. The van der Waals surface area contributed by atoms with Crippen molar-refractivity contribution in [1.29, 1.82) is 0 Å². The van der Waals surface area contributed by atoms with Crippen molar-refractivity contribution in [2.75, 3.05) is 39.9 Å². The molecule has 96 valence electrons. The maximum absolute atomic E-state index is 5.14. The van der Waals surface area contributed by atoms with Crippen LogP contribution in [0.5, 0.6) is 0 Å². The van der Waals surface area contributed by atoms with Crippen LogP contribution in [0.2, 0.25) is 0 Å². The van der Waals surface area contributed by atoms with Gasteiger partial charge in [0, 0.05) is 51.3 Å². The Morgan fingerprint density at radius 2 is 2.41 bits per heavy atom. The van der Waals surface area contributed by atoms with E-state index in [-0.39, 0.29) is 0 Å². The molecule has 0 amide bonds. The fourth-order valence-corrected chi connectivity index (χ4v) is 2.85. The molecule has 0 aliphatic carbocycles. The van der Waals surface area contributed by atoms with E-state index in [0.717, 1.165) is 39.3 Å². The van der Waals surface area contributed by atoms with Gasteiger partial charge in [-0.25, -0.2) is 4.98 Å². The van der Waals surface area contributed by atoms with Crippen LogP contribution < -0.4 is 0 Å². The van der Waals surface area contributed by atoms with Crippen LogP contribution in [-0.4, -0.2) is 60.7 Å². The molecular formula is C12H21N3OS. The summed E-state index contributed by atoms with van der Waals surface area (Å²) in [4.78, 5) is 9.34. The molecule has 0 aromatic carbocycles. The molecule has 0 radical (unpaired) electrons. The van der Waals surface area contributed by atoms with Crippen LogP contribution in [0.25, 0.3) is 0 Å². The maximum Gasteiger partial charge on any atom is 0.0795 e. The fraction of sp³-hybridized carbons (Fsp3) is 0.750. The molecular weight excluding hydrogens is 234 g/mol. The largest absolute Gasteiger partial charge is 0.383 e. The minimum atomic E-state index is 0.609. The first kappa shape index (κ1) is 13.0. The Morgan fingerprint density at radius 1 is 1.53 bits per heavy atom. The average Bonchev–Trinajstić information content (AvgIpc) is 2.81. The molecule has 4 nitrogen and oxygen atoms in total. The molecule has 0 spiro atoms. The molecule has 1 aromatic heterocycles. The lowest BCUT2D eigenvalue weighted by molar-refractivity contribution is 0.0553. The zero-order chi connectivity index (χ0) is 12.1. The van der Waals surface area contributed by atoms with Gasteiger partial charge in [-0.3, -0.25) is 9.80 Å². The molecule has 0 N–H and O–H groups in total. The van der Waals surface area contributed by atoms with E-state index in [0.29, 0.717) is 6.04 Å². The Labute approximate surface area is 107 Å². The van der Waals surface area contributed by atoms with E-state index in [1.165, 1.54) is 5.69 Å². The standard InChI is InChI=1S/C12H21N3OS/c1-11-7-14(8-12-9-17-10-13-12)3-4-15(11)5-6-16-2/h9-11H,3-8H2,1-2H3/t11-/m1/s1. The van der Waals surface area contributed by atoms with Crippen molar-refractivity contribution in [2.45, 2.75) is 19.5 Å². The summed E-state index contributed by atoms with van der Waals surface area (Å²) < 4.78 is 5.14. The first-order valence-corrected chi connectivity index (χ1v) is 7.06. The van der Waals surface area contributed by atoms with Gasteiger partial charge < -0.3 is 4.74 Å². The van der Waals surface area contributed by atoms with Crippen molar-refractivity contribution in [3.8, 4) is 0 Å². The first-order chi connectivity index (χ1) is 8.29. The summed E-state index contributed by atoms with van der Waals surface area (Å²) in [6, 6.07) is 0.609. The van der Waals surface area contributed by atoms with Crippen LogP contribution in [0.4, 0.5) is 0 Å². The van der Waals surface area contributed by atoms with Crippen LogP contribution in [0.1, 0.15) is 12.6 Å². The van der Waals surface area contributed by atoms with Gasteiger partial charge >= 0.3 is 0 Å². The quantitative estimate of drug-likeness (QED) is 0.793. The summed E-state index contributed by atoms with van der Waals surface area (Å²) in [5.74, 6) is 0. The molecule has 1 aliphatic rings. The Bertz CT molecular complexity index is 318. The number of thiazole rings is 1. The van der Waals surface area contributed by atoms with E-state index in [2.05, 4.69) is 27.1 Å². The van der Waals surface area contributed by atoms with Crippen molar-refractivity contribution in [1.82, 2.24) is 14.8 Å². The number of piperazine rings is 1. The molecule has 2 rings (SSSR count). The lowest BCUT2D eigenvalue weighted by Gasteiger charge is -2.39. The van der Waals surface area contributed by atoms with Crippen LogP contribution in [0.15, 0.2) is 10.9 Å². The second-order valence-corrected chi connectivity index (χ2v) is 5.31. The summed E-state index contributed by atoms with van der Waals surface area (Å²) in [6.45, 7) is 8.55. The third kappa shape index (κ3) is 3.74. The Hall–Kier alpha value is -0.490. The van der Waals surface area contributed by atoms with Crippen LogP contribution >= 0.6 is 11.3 Å². The van der Waals surface area contributed by atoms with Crippen molar-refractivity contribution in [2.24, 2.45) is 0 Å². The van der Waals surface area contributed by atoms with Crippen molar-refractivity contribution in [3.63, 3.8) is 0 Å². The van der Waals surface area contributed by atoms with Crippen molar-refractivity contribution >= 4 is 11.3 Å². The van der Waals surface area contributed by atoms with E-state index >= 15 is 0 Å². The normalized spacial score (nSPS) is 23.1. The molecule has 0 saturated carbocycles. The molecule has 1 aromatic rings. The number of methoxy groups -OCH3 is 1. The Morgan fingerprint density at radius 3 is 3.06 bits per heavy atom. The van der Waals surface area contributed by atoms with E-state index in [9.17, 15) is 0 Å². The van der Waals surface area contributed by atoms with Crippen LogP contribution in [-0.2, 0) is 11.3 Å². The molecule has 1 fully saturated rings. The molecule has 1 saturated heterocycles. The van der Waals surface area contributed by atoms with Gasteiger partial charge in [0.05, 0.1) is 17.8 Å². The van der Waals surface area contributed by atoms with E-state index in [4.69, 9.17) is 4.74 Å². The molecule has 2 heterocycles. The van der Waals surface area contributed by atoms with Crippen LogP contribution in [0.3, 0.4) is 0 Å². The summed E-state index contributed by atoms with van der Waals surface area (Å²) in [6.07, 6.45) is 0. The SMILES string of the molecule is COCCN1CCN(Cc2cscn2)C[C@H]1C. The predicted octanol–water partition coefficient (Wildman–Crippen LogP) is 1.30. The summed E-state index contributed by atoms with van der Waals surface area (Å²) >= 11 is 1.68. The number of hydrogen-bond acceptors (Lipinski definition) is 5. The lowest BCUT2D eigenvalue weighted by Crippen LogP contribution is -2.52. The first-order valence-electron chi connectivity index (χ1n) is 6.12. The number of ether oxygens (including phenoxy) is 1. The summed E-state index contributed by atoms with van der Waals surface area (Å²) in [7, 11) is 1.77. The number of nitrogens with zero attached hydrogens (tertiary/aromatic N) is 3. The van der Waals surface area contributed by atoms with Gasteiger partial charge in [0.25, 0.3) is 0 Å². The van der Waals surface area contributed by atoms with E-state index < -0.39 is 0 Å². The number of hydrogen-bond donors (Lipinski definition) is 0. The second-order valence-electron chi connectivity index (χ2n) is 4.59. The third-order valence-electron chi connectivity index (χ3n) is 3.30. The topological polar surface area (TPSA) is 28.6 Å². The van der Waals surface area contributed by atoms with E-state index in [1.54, 1.807) is 18.4 Å². The van der Waals surface area contributed by atoms with Gasteiger partial charge in [-0.1, -0.05) is 0 Å². The zero-order valence-electron chi connectivity index (χ0n) is 10.6. The van der Waals surface area contributed by atoms with Gasteiger partial charge in [-0.2, -0.15) is 0 Å². The molecule has 17 heavy (non-hydrogen) atoms. The highest BCUT2D eigenvalue weighted by Gasteiger charge is 2.23. The minimum Gasteiger partial charge on any atom is -0.383 e. The molecule has 1 aliphatic heterocycles. The van der Waals surface area contributed by atoms with Gasteiger partial charge in [0.15, 0.2) is 0 Å². The Kier molecular flexibility index (Phi) is 4.91. The average molecular weight is 255 g/mol. The highest BCUT2D eigenvalue weighted by molar-refractivity contribution is 7.07. The van der Waals surface area contributed by atoms with Gasteiger partial charge in [0.2, 0.25) is 0 Å². The predicted molar refractivity (Wildman–Crippen MR) is 70.3 cm³/mol. The van der Waals surface area contributed by atoms with Gasteiger partial charge in [0.1, 0.15) is 0 Å². The maximum atomic E-state index is 5.14. The fourth-order valence-electron chi connectivity index (χ4n) is 2.30. The van der Waals surface area contributed by atoms with Gasteiger partial charge in [-0.15, -0.1) is 11.3 Å². The lowest BCUT2D eigenvalue weighted by atomic mass is 10.2. The van der Waals surface area contributed by atoms with E-state index in [1.807, 2.05) is 5.51 Å². The highest BCUT2D eigenvalue weighted by atomic mass is 32.1. The monoisotopic (exact) mass is 255 g/mol. The zero-order valence-corrected chi connectivity index (χ0v) is 11.4. The number of aromatic nitrogens is 1. The molecule has 0 unspecified atom stereocenters. The molecule has 0 bridgehead atoms. The highest BCUT2D eigenvalue weighted by Crippen LogP contribution is 2.12. The van der Waals surface area contributed by atoms with Crippen LogP contribution in [0, 0.1) is 0 Å².